The maximum absolute atomic E-state index is 6.12. The topological polar surface area (TPSA) is 0 Å². The van der Waals surface area contributed by atoms with Gasteiger partial charge >= 0.3 is 0 Å². The summed E-state index contributed by atoms with van der Waals surface area (Å²) in [5.74, 6) is 0.694. The van der Waals surface area contributed by atoms with Gasteiger partial charge in [0.15, 0.2) is 0 Å². The van der Waals surface area contributed by atoms with E-state index in [0.29, 0.717) is 10.7 Å². The predicted molar refractivity (Wildman–Crippen MR) is 76.7 cm³/mol. The molecule has 0 aliphatic heterocycles. The summed E-state index contributed by atoms with van der Waals surface area (Å²) in [7, 11) is 0. The molecule has 0 fully saturated rings. The van der Waals surface area contributed by atoms with Crippen LogP contribution in [-0.2, 0) is 0 Å². The minimum Gasteiger partial charge on any atom is -0.0840 e. The summed E-state index contributed by atoms with van der Waals surface area (Å²) < 4.78 is 0. The molecule has 0 nitrogen and oxygen atoms in total. The lowest BCUT2D eigenvalue weighted by Crippen LogP contribution is -2.07. The predicted octanol–water partition coefficient (Wildman–Crippen LogP) is 5.83. The van der Waals surface area contributed by atoms with Crippen LogP contribution in [0.1, 0.15) is 48.2 Å². The van der Waals surface area contributed by atoms with Crippen LogP contribution in [-0.4, -0.2) is 0 Å². The second-order valence-corrected chi connectivity index (χ2v) is 5.83. The fraction of sp³-hybridized carbons (Fsp3) is 0.571. The van der Waals surface area contributed by atoms with Crippen LogP contribution in [0.15, 0.2) is 12.1 Å². The molecule has 0 saturated heterocycles. The van der Waals surface area contributed by atoms with Crippen molar-refractivity contribution < 1.29 is 0 Å². The van der Waals surface area contributed by atoms with Crippen LogP contribution in [0.3, 0.4) is 0 Å². The summed E-state index contributed by atoms with van der Waals surface area (Å²) in [5, 5.41) is 0.866. The van der Waals surface area contributed by atoms with Crippen molar-refractivity contribution in [1.29, 1.82) is 0 Å². The van der Waals surface area contributed by atoms with Gasteiger partial charge in [-0.3, -0.25) is 0 Å². The molecule has 0 radical (unpaired) electrons. The van der Waals surface area contributed by atoms with Gasteiger partial charge in [0.25, 0.3) is 0 Å². The highest BCUT2D eigenvalue weighted by atomic mass is 79.9. The Morgan fingerprint density at radius 3 is 2.19 bits per heavy atom. The smallest absolute Gasteiger partial charge is 0.0438 e. The molecule has 1 atom stereocenters. The Morgan fingerprint density at radius 1 is 1.12 bits per heavy atom. The highest BCUT2D eigenvalue weighted by Gasteiger charge is 2.19. The zero-order chi connectivity index (χ0) is 12.3. The van der Waals surface area contributed by atoms with Crippen molar-refractivity contribution in [3.05, 3.63) is 33.8 Å². The number of benzene rings is 1. The minimum atomic E-state index is 0.443. The highest BCUT2D eigenvalue weighted by molar-refractivity contribution is 9.09. The molecule has 1 aromatic carbocycles. The average molecular weight is 304 g/mol. The third kappa shape index (κ3) is 3.01. The zero-order valence-electron chi connectivity index (χ0n) is 10.5. The molecule has 0 spiro atoms. The van der Waals surface area contributed by atoms with Gasteiger partial charge in [0.05, 0.1) is 0 Å². The van der Waals surface area contributed by atoms with E-state index in [9.17, 15) is 0 Å². The first kappa shape index (κ1) is 14.1. The normalized spacial score (nSPS) is 13.2. The lowest BCUT2D eigenvalue weighted by atomic mass is 9.91. The molecule has 0 heterocycles. The second kappa shape index (κ2) is 6.07. The van der Waals surface area contributed by atoms with Gasteiger partial charge in [-0.05, 0) is 42.5 Å². The number of aryl methyl sites for hydroxylation is 2. The molecule has 0 saturated carbocycles. The van der Waals surface area contributed by atoms with Crippen LogP contribution >= 0.6 is 27.5 Å². The summed E-state index contributed by atoms with van der Waals surface area (Å²) in [5.41, 5.74) is 3.83. The second-order valence-electron chi connectivity index (χ2n) is 4.44. The minimum absolute atomic E-state index is 0.443. The molecule has 0 N–H and O–H groups in total. The summed E-state index contributed by atoms with van der Waals surface area (Å²) in [6.45, 7) is 8.70. The summed E-state index contributed by atoms with van der Waals surface area (Å²) in [6.07, 6.45) is 2.40. The first-order valence-electron chi connectivity index (χ1n) is 5.91. The number of hydrogen-bond acceptors (Lipinski definition) is 0. The molecule has 2 heteroatoms. The first-order valence-corrected chi connectivity index (χ1v) is 7.21. The van der Waals surface area contributed by atoms with Gasteiger partial charge in [-0.1, -0.05) is 60.3 Å². The molecule has 0 aliphatic carbocycles. The highest BCUT2D eigenvalue weighted by Crippen LogP contribution is 2.38. The fourth-order valence-electron chi connectivity index (χ4n) is 2.06. The quantitative estimate of drug-likeness (QED) is 0.614. The summed E-state index contributed by atoms with van der Waals surface area (Å²) >= 11 is 9.96. The number of rotatable bonds is 4. The molecule has 16 heavy (non-hydrogen) atoms. The monoisotopic (exact) mass is 302 g/mol. The molecule has 1 aromatic rings. The van der Waals surface area contributed by atoms with E-state index in [0.717, 1.165) is 10.6 Å². The van der Waals surface area contributed by atoms with Crippen LogP contribution < -0.4 is 0 Å². The Morgan fingerprint density at radius 2 is 1.69 bits per heavy atom. The van der Waals surface area contributed by atoms with Crippen molar-refractivity contribution in [3.8, 4) is 0 Å². The SMILES string of the molecule is CCC(CC)C(Br)c1cc(C)c(Cl)cc1C. The van der Waals surface area contributed by atoms with Crippen molar-refractivity contribution in [1.82, 2.24) is 0 Å². The molecule has 0 aromatic heterocycles. The van der Waals surface area contributed by atoms with E-state index in [1.165, 1.54) is 24.0 Å². The summed E-state index contributed by atoms with van der Waals surface area (Å²) in [4.78, 5) is 0.443. The standard InChI is InChI=1S/C14H20BrCl/c1-5-11(6-2)14(15)12-7-10(4)13(16)8-9(12)3/h7-8,11,14H,5-6H2,1-4H3. The molecule has 0 aliphatic rings. The Balaban J connectivity index is 3.07. The van der Waals surface area contributed by atoms with Gasteiger partial charge in [0.2, 0.25) is 0 Å². The van der Waals surface area contributed by atoms with Crippen LogP contribution in [0, 0.1) is 19.8 Å². The third-order valence-corrected chi connectivity index (χ3v) is 4.96. The van der Waals surface area contributed by atoms with E-state index in [1.807, 2.05) is 0 Å². The summed E-state index contributed by atoms with van der Waals surface area (Å²) in [6, 6.07) is 4.29. The third-order valence-electron chi connectivity index (χ3n) is 3.31. The Kier molecular flexibility index (Phi) is 5.33. The van der Waals surface area contributed by atoms with Crippen LogP contribution in [0.2, 0.25) is 5.02 Å². The van der Waals surface area contributed by atoms with Gasteiger partial charge < -0.3 is 0 Å². The number of hydrogen-bond donors (Lipinski definition) is 0. The van der Waals surface area contributed by atoms with E-state index < -0.39 is 0 Å². The van der Waals surface area contributed by atoms with Crippen molar-refractivity contribution in [2.75, 3.05) is 0 Å². The lowest BCUT2D eigenvalue weighted by molar-refractivity contribution is 0.485. The van der Waals surface area contributed by atoms with Gasteiger partial charge in [-0.2, -0.15) is 0 Å². The Bertz CT molecular complexity index is 356. The van der Waals surface area contributed by atoms with Crippen molar-refractivity contribution in [2.45, 2.75) is 45.4 Å². The molecular formula is C14H20BrCl. The molecule has 90 valence electrons. The van der Waals surface area contributed by atoms with E-state index >= 15 is 0 Å². The lowest BCUT2D eigenvalue weighted by Gasteiger charge is -2.22. The van der Waals surface area contributed by atoms with Crippen molar-refractivity contribution >= 4 is 27.5 Å². The van der Waals surface area contributed by atoms with E-state index in [4.69, 9.17) is 11.6 Å². The molecule has 0 bridgehead atoms. The van der Waals surface area contributed by atoms with Gasteiger partial charge in [0, 0.05) is 9.85 Å². The van der Waals surface area contributed by atoms with Gasteiger partial charge in [0.1, 0.15) is 0 Å². The molecule has 1 rings (SSSR count). The average Bonchev–Trinajstić information content (AvgIpc) is 2.25. The van der Waals surface area contributed by atoms with Gasteiger partial charge in [-0.15, -0.1) is 0 Å². The van der Waals surface area contributed by atoms with Crippen molar-refractivity contribution in [2.24, 2.45) is 5.92 Å². The maximum atomic E-state index is 6.12. The van der Waals surface area contributed by atoms with Crippen LogP contribution in [0.25, 0.3) is 0 Å². The number of halogens is 2. The molecule has 0 amide bonds. The maximum Gasteiger partial charge on any atom is 0.0438 e. The largest absolute Gasteiger partial charge is 0.0840 e. The Hall–Kier alpha value is -0.0100. The fourth-order valence-corrected chi connectivity index (χ4v) is 3.52. The van der Waals surface area contributed by atoms with E-state index in [2.05, 4.69) is 55.8 Å². The van der Waals surface area contributed by atoms with E-state index in [1.54, 1.807) is 0 Å². The van der Waals surface area contributed by atoms with Crippen molar-refractivity contribution in [3.63, 3.8) is 0 Å². The molecular weight excluding hydrogens is 284 g/mol. The van der Waals surface area contributed by atoms with E-state index in [-0.39, 0.29) is 0 Å². The number of alkyl halides is 1. The zero-order valence-corrected chi connectivity index (χ0v) is 12.8. The van der Waals surface area contributed by atoms with Crippen LogP contribution in [0.4, 0.5) is 0 Å². The van der Waals surface area contributed by atoms with Crippen LogP contribution in [0.5, 0.6) is 0 Å². The Labute approximate surface area is 113 Å². The first-order chi connectivity index (χ1) is 7.51. The van der Waals surface area contributed by atoms with Gasteiger partial charge in [-0.25, -0.2) is 0 Å². The molecule has 1 unspecified atom stereocenters.